The van der Waals surface area contributed by atoms with Gasteiger partial charge in [-0.1, -0.05) is 15.9 Å². The molecule has 0 radical (unpaired) electrons. The Balaban J connectivity index is 1.80. The molecular weight excluding hydrogens is 422 g/mol. The number of amidine groups is 1. The lowest BCUT2D eigenvalue weighted by Crippen LogP contribution is -2.18. The van der Waals surface area contributed by atoms with E-state index in [1.165, 1.54) is 12.1 Å². The molecule has 0 spiro atoms. The first-order chi connectivity index (χ1) is 12.4. The molecule has 0 saturated carbocycles. The number of nitrogens with one attached hydrogen (secondary N) is 2. The van der Waals surface area contributed by atoms with Crippen LogP contribution in [0.2, 0.25) is 0 Å². The Kier molecular flexibility index (Phi) is 5.38. The van der Waals surface area contributed by atoms with Gasteiger partial charge in [0.05, 0.1) is 9.83 Å². The quantitative estimate of drug-likeness (QED) is 0.419. The van der Waals surface area contributed by atoms with Crippen LogP contribution in [-0.2, 0) is 11.4 Å². The van der Waals surface area contributed by atoms with Crippen LogP contribution in [0.5, 0.6) is 5.75 Å². The third-order valence-electron chi connectivity index (χ3n) is 3.46. The number of hydrogen-bond acceptors (Lipinski definition) is 6. The summed E-state index contributed by atoms with van der Waals surface area (Å²) in [4.78, 5) is 22.5. The van der Waals surface area contributed by atoms with Crippen LogP contribution in [0, 0.1) is 15.5 Å². The minimum absolute atomic E-state index is 0.0227. The zero-order chi connectivity index (χ0) is 18.7. The molecule has 1 amide bonds. The van der Waals surface area contributed by atoms with Gasteiger partial charge in [0.2, 0.25) is 0 Å². The highest BCUT2D eigenvalue weighted by Gasteiger charge is 2.22. The number of nitro benzene ring substituents is 1. The van der Waals surface area contributed by atoms with E-state index in [2.05, 4.69) is 21.2 Å². The molecule has 2 N–H and O–H groups in total. The maximum atomic E-state index is 11.8. The highest BCUT2D eigenvalue weighted by molar-refractivity contribution is 9.10. The van der Waals surface area contributed by atoms with Crippen molar-refractivity contribution in [3.63, 3.8) is 0 Å². The molecule has 26 heavy (non-hydrogen) atoms. The lowest BCUT2D eigenvalue weighted by Gasteiger charge is -2.10. The molecule has 2 aromatic carbocycles. The van der Waals surface area contributed by atoms with Crippen LogP contribution in [-0.4, -0.2) is 16.0 Å². The van der Waals surface area contributed by atoms with Gasteiger partial charge in [0.25, 0.3) is 11.6 Å². The summed E-state index contributed by atoms with van der Waals surface area (Å²) in [7, 11) is 0. The highest BCUT2D eigenvalue weighted by Crippen LogP contribution is 2.31. The molecule has 1 fully saturated rings. The number of rotatable bonds is 5. The standard InChI is InChI=1S/C17H12BrN3O4S/c18-12-3-6-14(11(7-12)8-15-16(22)20-17(19)26-15)25-9-10-1-4-13(5-2-10)21(23)24/h1-8H,9H2,(H2,19,20,22)/b15-8+. The highest BCUT2D eigenvalue weighted by atomic mass is 79.9. The van der Waals surface area contributed by atoms with Crippen LogP contribution in [0.25, 0.3) is 6.08 Å². The van der Waals surface area contributed by atoms with Crippen molar-refractivity contribution in [3.8, 4) is 5.75 Å². The van der Waals surface area contributed by atoms with Gasteiger partial charge in [0.1, 0.15) is 12.4 Å². The van der Waals surface area contributed by atoms with E-state index < -0.39 is 4.92 Å². The maximum absolute atomic E-state index is 11.8. The summed E-state index contributed by atoms with van der Waals surface area (Å²) in [6.07, 6.45) is 1.66. The van der Waals surface area contributed by atoms with Crippen molar-refractivity contribution in [2.24, 2.45) is 0 Å². The van der Waals surface area contributed by atoms with E-state index in [-0.39, 0.29) is 23.4 Å². The first kappa shape index (κ1) is 18.2. The molecule has 3 rings (SSSR count). The molecule has 1 heterocycles. The molecule has 1 saturated heterocycles. The first-order valence-electron chi connectivity index (χ1n) is 7.37. The fraction of sp³-hybridized carbons (Fsp3) is 0.0588. The fourth-order valence-electron chi connectivity index (χ4n) is 2.22. The molecule has 9 heteroatoms. The van der Waals surface area contributed by atoms with E-state index in [4.69, 9.17) is 10.1 Å². The zero-order valence-electron chi connectivity index (χ0n) is 13.2. The van der Waals surface area contributed by atoms with Crippen molar-refractivity contribution in [1.82, 2.24) is 5.32 Å². The Morgan fingerprint density at radius 1 is 1.27 bits per heavy atom. The molecule has 1 aliphatic rings. The van der Waals surface area contributed by atoms with E-state index in [1.54, 1.807) is 24.3 Å². The third kappa shape index (κ3) is 4.30. The minimum atomic E-state index is -0.453. The molecule has 0 unspecified atom stereocenters. The molecule has 0 aromatic heterocycles. The number of thioether (sulfide) groups is 1. The lowest BCUT2D eigenvalue weighted by molar-refractivity contribution is -0.384. The lowest BCUT2D eigenvalue weighted by atomic mass is 10.1. The van der Waals surface area contributed by atoms with Crippen molar-refractivity contribution in [1.29, 1.82) is 5.41 Å². The van der Waals surface area contributed by atoms with Gasteiger partial charge in [-0.05, 0) is 53.7 Å². The predicted octanol–water partition coefficient (Wildman–Crippen LogP) is 4.07. The van der Waals surface area contributed by atoms with Crippen LogP contribution >= 0.6 is 27.7 Å². The first-order valence-corrected chi connectivity index (χ1v) is 8.98. The number of carbonyl (C=O) groups is 1. The molecule has 0 aliphatic carbocycles. The summed E-state index contributed by atoms with van der Waals surface area (Å²) in [5.41, 5.74) is 1.50. The smallest absolute Gasteiger partial charge is 0.269 e. The van der Waals surface area contributed by atoms with Gasteiger partial charge in [0.15, 0.2) is 5.17 Å². The van der Waals surface area contributed by atoms with Crippen LogP contribution in [0.4, 0.5) is 5.69 Å². The molecule has 7 nitrogen and oxygen atoms in total. The number of halogens is 1. The zero-order valence-corrected chi connectivity index (χ0v) is 15.6. The van der Waals surface area contributed by atoms with E-state index in [9.17, 15) is 14.9 Å². The van der Waals surface area contributed by atoms with Crippen LogP contribution in [0.1, 0.15) is 11.1 Å². The van der Waals surface area contributed by atoms with Gasteiger partial charge >= 0.3 is 0 Å². The van der Waals surface area contributed by atoms with Crippen LogP contribution < -0.4 is 10.1 Å². The average molecular weight is 434 g/mol. The minimum Gasteiger partial charge on any atom is -0.488 e. The van der Waals surface area contributed by atoms with Crippen LogP contribution in [0.15, 0.2) is 51.8 Å². The number of hydrogen-bond donors (Lipinski definition) is 2. The Labute approximate surface area is 161 Å². The topological polar surface area (TPSA) is 105 Å². The largest absolute Gasteiger partial charge is 0.488 e. The Morgan fingerprint density at radius 2 is 2.00 bits per heavy atom. The normalized spacial score (nSPS) is 15.2. The number of benzene rings is 2. The van der Waals surface area contributed by atoms with E-state index in [0.29, 0.717) is 16.2 Å². The van der Waals surface area contributed by atoms with E-state index >= 15 is 0 Å². The second-order valence-corrected chi connectivity index (χ2v) is 7.26. The second-order valence-electron chi connectivity index (χ2n) is 5.29. The van der Waals surface area contributed by atoms with Crippen molar-refractivity contribution in [3.05, 3.63) is 73.1 Å². The van der Waals surface area contributed by atoms with E-state index in [0.717, 1.165) is 21.8 Å². The van der Waals surface area contributed by atoms with E-state index in [1.807, 2.05) is 12.1 Å². The fourth-order valence-corrected chi connectivity index (χ4v) is 3.29. The second kappa shape index (κ2) is 7.71. The van der Waals surface area contributed by atoms with Crippen molar-refractivity contribution in [2.75, 3.05) is 0 Å². The molecule has 132 valence electrons. The van der Waals surface area contributed by atoms with Crippen molar-refractivity contribution in [2.45, 2.75) is 6.61 Å². The Hall–Kier alpha value is -2.65. The average Bonchev–Trinajstić information content (AvgIpc) is 2.92. The third-order valence-corrected chi connectivity index (χ3v) is 4.79. The maximum Gasteiger partial charge on any atom is 0.269 e. The van der Waals surface area contributed by atoms with Gasteiger partial charge in [0, 0.05) is 22.2 Å². The molecule has 0 bridgehead atoms. The number of nitro groups is 1. The monoisotopic (exact) mass is 433 g/mol. The number of non-ortho nitro benzene ring substituents is 1. The molecule has 1 aliphatic heterocycles. The number of amides is 1. The van der Waals surface area contributed by atoms with Gasteiger partial charge in [-0.15, -0.1) is 0 Å². The van der Waals surface area contributed by atoms with Gasteiger partial charge in [-0.3, -0.25) is 20.3 Å². The number of ether oxygens (including phenoxy) is 1. The summed E-state index contributed by atoms with van der Waals surface area (Å²) in [6.45, 7) is 0.227. The van der Waals surface area contributed by atoms with Gasteiger partial charge in [-0.2, -0.15) is 0 Å². The molecule has 2 aromatic rings. The molecule has 0 atom stereocenters. The number of nitrogens with zero attached hydrogens (tertiary/aromatic N) is 1. The summed E-state index contributed by atoms with van der Waals surface area (Å²) in [5, 5.41) is 20.7. The summed E-state index contributed by atoms with van der Waals surface area (Å²) < 4.78 is 6.65. The van der Waals surface area contributed by atoms with Gasteiger partial charge in [-0.25, -0.2) is 0 Å². The summed E-state index contributed by atoms with van der Waals surface area (Å²) >= 11 is 4.44. The van der Waals surface area contributed by atoms with Crippen molar-refractivity contribution >= 4 is 50.5 Å². The SMILES string of the molecule is N=C1NC(=O)/C(=C\c2cc(Br)ccc2OCc2ccc([N+](=O)[O-])cc2)S1. The van der Waals surface area contributed by atoms with Crippen molar-refractivity contribution < 1.29 is 14.5 Å². The summed E-state index contributed by atoms with van der Waals surface area (Å²) in [5.74, 6) is 0.243. The van der Waals surface area contributed by atoms with Gasteiger partial charge < -0.3 is 10.1 Å². The van der Waals surface area contributed by atoms with Crippen LogP contribution in [0.3, 0.4) is 0 Å². The summed E-state index contributed by atoms with van der Waals surface area (Å²) in [6, 6.07) is 11.5. The Morgan fingerprint density at radius 3 is 2.62 bits per heavy atom. The number of carbonyl (C=O) groups excluding carboxylic acids is 1. The Bertz CT molecular complexity index is 928. The molecular formula is C17H12BrN3O4S. The predicted molar refractivity (Wildman–Crippen MR) is 103 cm³/mol.